The van der Waals surface area contributed by atoms with E-state index >= 15 is 0 Å². The fraction of sp³-hybridized carbons (Fsp3) is 0. The fourth-order valence-electron chi connectivity index (χ4n) is 1.05. The molecule has 2 aromatic rings. The van der Waals surface area contributed by atoms with Crippen molar-refractivity contribution in [2.75, 3.05) is 5.43 Å². The van der Waals surface area contributed by atoms with Crippen LogP contribution in [0.2, 0.25) is 0 Å². The van der Waals surface area contributed by atoms with Crippen molar-refractivity contribution in [3.05, 3.63) is 29.2 Å². The number of nitrogens with zero attached hydrogens (tertiary/aromatic N) is 2. The summed E-state index contributed by atoms with van der Waals surface area (Å²) in [6, 6.07) is 7.49. The van der Waals surface area contributed by atoms with Crippen LogP contribution in [0.4, 0.5) is 5.95 Å². The number of anilines is 1. The Labute approximate surface area is 96.2 Å². The number of hydrogen-bond donors (Lipinski definition) is 2. The first-order valence-corrected chi connectivity index (χ1v) is 3.43. The van der Waals surface area contributed by atoms with Crippen LogP contribution in [0.3, 0.4) is 0 Å². The smallest absolute Gasteiger partial charge is 0.323 e. The summed E-state index contributed by atoms with van der Waals surface area (Å²) in [7, 11) is 0. The molecule has 0 saturated carbocycles. The Kier molecular flexibility index (Phi) is 3.41. The third-order valence-corrected chi connectivity index (χ3v) is 1.54. The minimum Gasteiger partial charge on any atom is -0.323 e. The predicted octanol–water partition coefficient (Wildman–Crippen LogP) is -1.34. The van der Waals surface area contributed by atoms with Crippen LogP contribution in [-0.4, -0.2) is 9.97 Å². The topological polar surface area (TPSA) is 70.1 Å². The zero-order chi connectivity index (χ0) is 8.39. The van der Waals surface area contributed by atoms with E-state index in [1.807, 2.05) is 24.3 Å². The normalized spacial score (nSPS) is 9.23. The van der Waals surface area contributed by atoms with Gasteiger partial charge in [0.2, 0.25) is 5.95 Å². The van der Waals surface area contributed by atoms with Crippen LogP contribution in [0, 0.1) is 4.91 Å². The van der Waals surface area contributed by atoms with Crippen LogP contribution in [0.25, 0.3) is 11.0 Å². The number of hydrogen-bond acceptors (Lipinski definition) is 3. The number of para-hydroxylation sites is 2. The second-order valence-corrected chi connectivity index (χ2v) is 2.31. The summed E-state index contributed by atoms with van der Waals surface area (Å²) in [6.07, 6.45) is 0. The zero-order valence-corrected chi connectivity index (χ0v) is 9.11. The number of fused-ring (bicyclic) bond motifs is 1. The monoisotopic (exact) mass is 185 g/mol. The van der Waals surface area contributed by atoms with Gasteiger partial charge in [0.25, 0.3) is 0 Å². The van der Waals surface area contributed by atoms with E-state index in [-0.39, 0.29) is 29.6 Å². The van der Waals surface area contributed by atoms with Crippen molar-refractivity contribution in [1.82, 2.24) is 9.97 Å². The molecule has 0 atom stereocenters. The van der Waals surface area contributed by atoms with Crippen LogP contribution < -0.4 is 35.0 Å². The Morgan fingerprint density at radius 1 is 1.38 bits per heavy atom. The molecular weight excluding hydrogens is 179 g/mol. The van der Waals surface area contributed by atoms with E-state index in [2.05, 4.69) is 20.7 Å². The molecule has 0 aliphatic rings. The predicted molar refractivity (Wildman–Crippen MR) is 45.5 cm³/mol. The van der Waals surface area contributed by atoms with E-state index in [1.165, 1.54) is 0 Å². The maximum absolute atomic E-state index is 9.83. The first kappa shape index (κ1) is 10.2. The first-order valence-electron chi connectivity index (χ1n) is 3.43. The van der Waals surface area contributed by atoms with Gasteiger partial charge >= 0.3 is 29.6 Å². The molecule has 13 heavy (non-hydrogen) atoms. The third kappa shape index (κ3) is 2.06. The second kappa shape index (κ2) is 4.36. The van der Waals surface area contributed by atoms with Gasteiger partial charge in [0.05, 0.1) is 16.3 Å². The molecule has 2 rings (SSSR count). The average Bonchev–Trinajstić information content (AvgIpc) is 2.47. The molecule has 0 aliphatic heterocycles. The molecule has 0 saturated heterocycles. The van der Waals surface area contributed by atoms with Crippen molar-refractivity contribution >= 4 is 17.0 Å². The summed E-state index contributed by atoms with van der Waals surface area (Å²) in [5.74, 6) is 0.367. The summed E-state index contributed by atoms with van der Waals surface area (Å²) in [5.41, 5.74) is 3.89. The number of rotatable bonds is 2. The molecule has 60 valence electrons. The van der Waals surface area contributed by atoms with Gasteiger partial charge < -0.3 is 4.98 Å². The van der Waals surface area contributed by atoms with E-state index in [4.69, 9.17) is 0 Å². The Morgan fingerprint density at radius 2 is 2.15 bits per heavy atom. The molecule has 0 aliphatic carbocycles. The number of H-pyrrole nitrogens is 1. The first-order chi connectivity index (χ1) is 5.90. The number of aromatic amines is 1. The van der Waals surface area contributed by atoms with Gasteiger partial charge in [0.1, 0.15) is 0 Å². The molecule has 2 N–H and O–H groups in total. The van der Waals surface area contributed by atoms with Crippen LogP contribution in [0.5, 0.6) is 0 Å². The quantitative estimate of drug-likeness (QED) is 0.345. The summed E-state index contributed by atoms with van der Waals surface area (Å²) in [6.45, 7) is 0. The van der Waals surface area contributed by atoms with Gasteiger partial charge in [0, 0.05) is 0 Å². The minimum absolute atomic E-state index is 0. The minimum atomic E-state index is 0. The molecule has 0 spiro atoms. The molecule has 0 fully saturated rings. The number of nitrogens with one attached hydrogen (secondary N) is 2. The van der Waals surface area contributed by atoms with Crippen LogP contribution in [-0.2, 0) is 0 Å². The van der Waals surface area contributed by atoms with Crippen LogP contribution >= 0.6 is 0 Å². The number of imidazole rings is 1. The SMILES string of the molecule is O=NNc1nc2ccccc2[nH]1.[Na+]. The number of benzene rings is 1. The Bertz CT molecular complexity index is 381. The van der Waals surface area contributed by atoms with Crippen molar-refractivity contribution in [2.45, 2.75) is 0 Å². The number of nitroso groups, excluding NO2 is 1. The van der Waals surface area contributed by atoms with E-state index in [0.29, 0.717) is 5.95 Å². The molecule has 1 aromatic heterocycles. The summed E-state index contributed by atoms with van der Waals surface area (Å²) in [5, 5.41) is 2.51. The van der Waals surface area contributed by atoms with Crippen molar-refractivity contribution < 1.29 is 29.6 Å². The molecule has 1 aromatic carbocycles. The Hall–Kier alpha value is -0.910. The standard InChI is InChI=1S/C7H6N4O.Na/c12-11-10-7-8-5-3-1-2-4-6(5)9-7;/h1-4H,(H2,8,9,10,12);/q;+1. The maximum atomic E-state index is 9.83. The van der Waals surface area contributed by atoms with Crippen molar-refractivity contribution in [3.63, 3.8) is 0 Å². The van der Waals surface area contributed by atoms with Gasteiger partial charge in [-0.1, -0.05) is 12.1 Å². The zero-order valence-electron chi connectivity index (χ0n) is 7.11. The van der Waals surface area contributed by atoms with Gasteiger partial charge in [-0.25, -0.2) is 10.4 Å². The maximum Gasteiger partial charge on any atom is 1.00 e. The van der Waals surface area contributed by atoms with Gasteiger partial charge in [-0.15, -0.1) is 4.91 Å². The van der Waals surface area contributed by atoms with Crippen molar-refractivity contribution in [2.24, 2.45) is 5.29 Å². The van der Waals surface area contributed by atoms with Crippen molar-refractivity contribution in [1.29, 1.82) is 0 Å². The molecule has 6 heteroatoms. The molecular formula is C7H6N4NaO+. The summed E-state index contributed by atoms with van der Waals surface area (Å²) in [4.78, 5) is 16.8. The van der Waals surface area contributed by atoms with E-state index < -0.39 is 0 Å². The summed E-state index contributed by atoms with van der Waals surface area (Å²) >= 11 is 0. The van der Waals surface area contributed by atoms with Gasteiger partial charge in [-0.05, 0) is 12.1 Å². The van der Waals surface area contributed by atoms with Gasteiger partial charge in [-0.2, -0.15) is 0 Å². The Balaban J connectivity index is 0.000000845. The molecule has 0 radical (unpaired) electrons. The third-order valence-electron chi connectivity index (χ3n) is 1.54. The molecule has 0 amide bonds. The van der Waals surface area contributed by atoms with E-state index in [0.717, 1.165) is 11.0 Å². The van der Waals surface area contributed by atoms with E-state index in [9.17, 15) is 4.91 Å². The average molecular weight is 185 g/mol. The largest absolute Gasteiger partial charge is 1.00 e. The van der Waals surface area contributed by atoms with Gasteiger partial charge in [-0.3, -0.25) is 0 Å². The molecule has 0 bridgehead atoms. The summed E-state index contributed by atoms with van der Waals surface area (Å²) < 4.78 is 0. The number of aromatic nitrogens is 2. The second-order valence-electron chi connectivity index (χ2n) is 2.31. The molecule has 1 heterocycles. The fourth-order valence-corrected chi connectivity index (χ4v) is 1.05. The van der Waals surface area contributed by atoms with Crippen LogP contribution in [0.1, 0.15) is 0 Å². The van der Waals surface area contributed by atoms with Crippen molar-refractivity contribution in [3.8, 4) is 0 Å². The Morgan fingerprint density at radius 3 is 2.85 bits per heavy atom. The van der Waals surface area contributed by atoms with Crippen LogP contribution in [0.15, 0.2) is 29.6 Å². The van der Waals surface area contributed by atoms with E-state index in [1.54, 1.807) is 0 Å². The van der Waals surface area contributed by atoms with Gasteiger partial charge in [0.15, 0.2) is 0 Å². The molecule has 0 unspecified atom stereocenters. The molecule has 5 nitrogen and oxygen atoms in total.